The number of methoxy groups -OCH3 is 1. The molecule has 31 heavy (non-hydrogen) atoms. The Morgan fingerprint density at radius 3 is 2.61 bits per heavy atom. The summed E-state index contributed by atoms with van der Waals surface area (Å²) < 4.78 is 7.96. The minimum atomic E-state index is 0. The topological polar surface area (TPSA) is 28.3 Å². The lowest BCUT2D eigenvalue weighted by molar-refractivity contribution is -0.309. The molecule has 1 saturated carbocycles. The molecule has 0 aliphatic heterocycles. The molecular weight excluding hydrogens is 495 g/mol. The number of unbranched alkanes of at least 4 members (excludes halogenated alkanes) is 2. The Balaban J connectivity index is 0.00000231. The van der Waals surface area contributed by atoms with Gasteiger partial charge in [-0.3, -0.25) is 0 Å². The average molecular weight is 528 g/mol. The highest BCUT2D eigenvalue weighted by Gasteiger charge is 2.18. The van der Waals surface area contributed by atoms with E-state index >= 15 is 0 Å². The molecular formula is C27H33IN2O. The normalized spacial score (nSPS) is 14.9. The number of hydrogen-bond donors (Lipinski definition) is 0. The number of nitrogens with one attached hydrogen (secondary N) is 1. The number of aryl methyl sites for hydroxylation is 1. The fourth-order valence-electron chi connectivity index (χ4n) is 5.38. The number of nitrogens with zero attached hydrogens (tertiary/aromatic N) is 1. The number of hydrogen-bond acceptors (Lipinski definition) is 1. The molecule has 0 amide bonds. The van der Waals surface area contributed by atoms with E-state index in [9.17, 15) is 0 Å². The molecule has 1 N–H and O–H groups in total. The molecule has 1 fully saturated rings. The highest BCUT2D eigenvalue weighted by atomic mass is 127. The van der Waals surface area contributed by atoms with Crippen LogP contribution in [0.4, 0.5) is 0 Å². The summed E-state index contributed by atoms with van der Waals surface area (Å²) >= 11 is 0. The van der Waals surface area contributed by atoms with Gasteiger partial charge in [0.15, 0.2) is 0 Å². The number of halogens is 1. The van der Waals surface area contributed by atoms with Gasteiger partial charge in [-0.05, 0) is 42.7 Å². The molecule has 0 bridgehead atoms. The number of aromatic nitrogens is 2. The predicted octanol–water partition coefficient (Wildman–Crippen LogP) is 3.92. The van der Waals surface area contributed by atoms with Crippen molar-refractivity contribution in [1.82, 2.24) is 4.57 Å². The highest BCUT2D eigenvalue weighted by molar-refractivity contribution is 6.06. The Morgan fingerprint density at radius 1 is 0.935 bits per heavy atom. The second-order valence-electron chi connectivity index (χ2n) is 9.00. The van der Waals surface area contributed by atoms with Gasteiger partial charge in [0, 0.05) is 12.6 Å². The van der Waals surface area contributed by atoms with E-state index in [1.807, 2.05) is 6.07 Å². The lowest BCUT2D eigenvalue weighted by Crippen LogP contribution is -3.00. The van der Waals surface area contributed by atoms with Crippen molar-refractivity contribution in [2.24, 2.45) is 5.92 Å². The van der Waals surface area contributed by atoms with Crippen LogP contribution in [0.2, 0.25) is 0 Å². The fourth-order valence-corrected chi connectivity index (χ4v) is 5.38. The van der Waals surface area contributed by atoms with E-state index in [0.29, 0.717) is 0 Å². The maximum atomic E-state index is 5.44. The maximum absolute atomic E-state index is 5.44. The Labute approximate surface area is 202 Å². The van der Waals surface area contributed by atoms with Crippen LogP contribution in [0.5, 0.6) is 5.75 Å². The number of aromatic amines is 1. The van der Waals surface area contributed by atoms with Gasteiger partial charge in [0.1, 0.15) is 11.3 Å². The Hall–Kier alpha value is -1.82. The van der Waals surface area contributed by atoms with Crippen molar-refractivity contribution in [2.45, 2.75) is 64.3 Å². The molecule has 2 aromatic carbocycles. The molecule has 0 spiro atoms. The third kappa shape index (κ3) is 4.69. The Morgan fingerprint density at radius 2 is 1.77 bits per heavy atom. The summed E-state index contributed by atoms with van der Waals surface area (Å²) in [7, 11) is 1.73. The molecule has 0 saturated heterocycles. The average Bonchev–Trinajstić information content (AvgIpc) is 3.10. The van der Waals surface area contributed by atoms with Gasteiger partial charge in [-0.25, -0.2) is 4.98 Å². The van der Waals surface area contributed by atoms with E-state index in [1.54, 1.807) is 7.11 Å². The van der Waals surface area contributed by atoms with E-state index in [4.69, 9.17) is 4.74 Å². The van der Waals surface area contributed by atoms with Crippen LogP contribution < -0.4 is 33.7 Å². The first-order chi connectivity index (χ1) is 14.8. The van der Waals surface area contributed by atoms with E-state index in [0.717, 1.165) is 23.7 Å². The zero-order valence-corrected chi connectivity index (χ0v) is 20.7. The van der Waals surface area contributed by atoms with Crippen molar-refractivity contribution in [3.8, 4) is 5.75 Å². The van der Waals surface area contributed by atoms with Crippen LogP contribution in [-0.4, -0.2) is 11.7 Å². The molecule has 0 radical (unpaired) electrons. The van der Waals surface area contributed by atoms with E-state index in [1.165, 1.54) is 85.1 Å². The van der Waals surface area contributed by atoms with Crippen LogP contribution in [-0.2, 0) is 6.54 Å². The Kier molecular flexibility index (Phi) is 7.36. The molecule has 2 aromatic heterocycles. The number of fused-ring (bicyclic) bond motifs is 4. The van der Waals surface area contributed by atoms with Crippen LogP contribution in [0.1, 0.15) is 57.8 Å². The summed E-state index contributed by atoms with van der Waals surface area (Å²) in [5, 5.41) is 2.51. The zero-order chi connectivity index (χ0) is 20.3. The second kappa shape index (κ2) is 10.2. The van der Waals surface area contributed by atoms with Gasteiger partial charge in [-0.15, -0.1) is 0 Å². The number of pyridine rings is 1. The third-order valence-corrected chi connectivity index (χ3v) is 7.04. The van der Waals surface area contributed by atoms with Crippen molar-refractivity contribution in [1.29, 1.82) is 0 Å². The monoisotopic (exact) mass is 528 g/mol. The smallest absolute Gasteiger partial charge is 0.237 e. The van der Waals surface area contributed by atoms with Crippen molar-refractivity contribution in [3.05, 3.63) is 48.5 Å². The summed E-state index contributed by atoms with van der Waals surface area (Å²) in [5.74, 6) is 1.91. The summed E-state index contributed by atoms with van der Waals surface area (Å²) in [5.41, 5.74) is 5.02. The van der Waals surface area contributed by atoms with E-state index < -0.39 is 0 Å². The first-order valence-electron chi connectivity index (χ1n) is 11.7. The van der Waals surface area contributed by atoms with Crippen LogP contribution in [0.3, 0.4) is 0 Å². The highest BCUT2D eigenvalue weighted by Crippen LogP contribution is 2.31. The standard InChI is InChI=1S/C27H32N2O.HI/c1-30-22-15-16-24-21(18-22)19-26-27(28-24)23-13-7-8-14-25(23)29(26)17-9-3-6-12-20-10-4-2-5-11-20;/h7-8,13-16,18-20H,2-6,9-12,17H2,1H3;1H. The van der Waals surface area contributed by atoms with Gasteiger partial charge in [0.25, 0.3) is 0 Å². The number of rotatable bonds is 7. The molecule has 3 nitrogen and oxygen atoms in total. The van der Waals surface area contributed by atoms with Crippen LogP contribution in [0.25, 0.3) is 32.8 Å². The summed E-state index contributed by atoms with van der Waals surface area (Å²) in [6.07, 6.45) is 12.7. The van der Waals surface area contributed by atoms with E-state index in [-0.39, 0.29) is 24.0 Å². The minimum absolute atomic E-state index is 0. The molecule has 164 valence electrons. The van der Waals surface area contributed by atoms with E-state index in [2.05, 4.69) is 52.0 Å². The number of ether oxygens (including phenoxy) is 1. The summed E-state index contributed by atoms with van der Waals surface area (Å²) in [4.78, 5) is 3.69. The zero-order valence-electron chi connectivity index (χ0n) is 18.5. The largest absolute Gasteiger partial charge is 1.00 e. The lowest BCUT2D eigenvalue weighted by Gasteiger charge is -2.21. The first kappa shape index (κ1) is 22.4. The molecule has 1 aliphatic rings. The summed E-state index contributed by atoms with van der Waals surface area (Å²) in [6.45, 7) is 1.08. The number of H-pyrrole nitrogens is 1. The van der Waals surface area contributed by atoms with Gasteiger partial charge in [-0.1, -0.05) is 63.5 Å². The van der Waals surface area contributed by atoms with Crippen LogP contribution >= 0.6 is 0 Å². The van der Waals surface area contributed by atoms with Gasteiger partial charge in [-0.2, -0.15) is 0 Å². The quantitative estimate of drug-likeness (QED) is 0.264. The maximum Gasteiger partial charge on any atom is 0.237 e. The van der Waals surface area contributed by atoms with Crippen molar-refractivity contribution < 1.29 is 33.7 Å². The first-order valence-corrected chi connectivity index (χ1v) is 11.7. The summed E-state index contributed by atoms with van der Waals surface area (Å²) in [6, 6.07) is 17.4. The van der Waals surface area contributed by atoms with Crippen molar-refractivity contribution >= 4 is 32.8 Å². The van der Waals surface area contributed by atoms with Crippen molar-refractivity contribution in [2.75, 3.05) is 7.11 Å². The minimum Gasteiger partial charge on any atom is -1.00 e. The second-order valence-corrected chi connectivity index (χ2v) is 9.00. The third-order valence-electron chi connectivity index (χ3n) is 7.04. The van der Waals surface area contributed by atoms with Gasteiger partial charge in [0.2, 0.25) is 11.0 Å². The molecule has 0 unspecified atom stereocenters. The van der Waals surface area contributed by atoms with Gasteiger partial charge in [0.05, 0.1) is 23.4 Å². The number of para-hydroxylation sites is 1. The number of benzene rings is 2. The van der Waals surface area contributed by atoms with Crippen molar-refractivity contribution in [3.63, 3.8) is 0 Å². The molecule has 2 heterocycles. The lowest BCUT2D eigenvalue weighted by atomic mass is 9.85. The van der Waals surface area contributed by atoms with Gasteiger partial charge < -0.3 is 33.3 Å². The SMILES string of the molecule is COc1ccc2[nH+]c3c4ccccc4n(CCCCCC4CCCCC4)c3cc2c1.[I-]. The molecule has 4 heteroatoms. The molecule has 0 atom stereocenters. The predicted molar refractivity (Wildman–Crippen MR) is 125 cm³/mol. The molecule has 5 rings (SSSR count). The molecule has 1 aliphatic carbocycles. The molecule has 4 aromatic rings. The van der Waals surface area contributed by atoms with Crippen LogP contribution in [0.15, 0.2) is 48.5 Å². The van der Waals surface area contributed by atoms with Crippen LogP contribution in [0, 0.1) is 5.92 Å². The fraction of sp³-hybridized carbons (Fsp3) is 0.444. The van der Waals surface area contributed by atoms with Gasteiger partial charge >= 0.3 is 0 Å². The Bertz CT molecular complexity index is 1160.